The Morgan fingerprint density at radius 3 is 1.20 bits per heavy atom. The average molecular weight is 264 g/mol. The fourth-order valence-electron chi connectivity index (χ4n) is 0. The fourth-order valence-corrected chi connectivity index (χ4v) is 0. The summed E-state index contributed by atoms with van der Waals surface area (Å²) in [7, 11) is 1.43. The molecule has 0 rings (SSSR count). The summed E-state index contributed by atoms with van der Waals surface area (Å²) in [4.78, 5) is 0. The predicted octanol–water partition coefficient (Wildman–Crippen LogP) is -1.19. The van der Waals surface area contributed by atoms with Crippen LogP contribution in [-0.4, -0.2) is 8.47 Å². The van der Waals surface area contributed by atoms with Crippen molar-refractivity contribution in [3.05, 3.63) is 0 Å². The van der Waals surface area contributed by atoms with Crippen LogP contribution >= 0.6 is 0 Å². The van der Waals surface area contributed by atoms with Crippen LogP contribution in [0.25, 0.3) is 0 Å². The van der Waals surface area contributed by atoms with E-state index in [0.29, 0.717) is 0 Å². The Morgan fingerprint density at radius 1 is 1.20 bits per heavy atom. The molecule has 0 atom stereocenters. The van der Waals surface area contributed by atoms with E-state index in [2.05, 4.69) is 0 Å². The van der Waals surface area contributed by atoms with Crippen molar-refractivity contribution in [2.24, 2.45) is 0 Å². The molecule has 1 radical (unpaired) electrons. The maximum Gasteiger partial charge on any atom is 0 e. The van der Waals surface area contributed by atoms with Crippen LogP contribution in [0, 0.1) is 0 Å². The molecule has 0 aromatic carbocycles. The van der Waals surface area contributed by atoms with Crippen molar-refractivity contribution < 1.29 is 73.5 Å². The average Bonchev–Trinajstić information content (AvgIpc) is 1.00. The van der Waals surface area contributed by atoms with Crippen LogP contribution in [0.2, 0.25) is 0 Å². The standard InChI is InChI=1S/Cu.Fe.H3Si.Ti.Zn/h;;1H3;;. The normalized spacial score (nSPS) is 2.00. The molecule has 0 aliphatic heterocycles. The third kappa shape index (κ3) is 20.7. The third-order valence-electron chi connectivity index (χ3n) is 0. The van der Waals surface area contributed by atoms with E-state index < -0.39 is 0 Å². The van der Waals surface area contributed by atoms with Crippen molar-refractivity contribution in [1.82, 2.24) is 0 Å². The summed E-state index contributed by atoms with van der Waals surface area (Å²) in [5.74, 6) is 0. The molecular weight excluding hydrogens is 261 g/mol. The summed E-state index contributed by atoms with van der Waals surface area (Å²) < 4.78 is 0. The second kappa shape index (κ2) is 30.7. The van der Waals surface area contributed by atoms with Gasteiger partial charge in [-0.25, -0.2) is 0 Å². The van der Waals surface area contributed by atoms with Crippen molar-refractivity contribution in [2.45, 2.75) is 0 Å². The molecule has 0 nitrogen and oxygen atoms in total. The Balaban J connectivity index is -0.00000000167. The van der Waals surface area contributed by atoms with Gasteiger partial charge < -0.3 is 0 Å². The smallest absolute Gasteiger partial charge is 0 e. The maximum atomic E-state index is 1.51. The summed E-state index contributed by atoms with van der Waals surface area (Å²) in [6.07, 6.45) is 0. The van der Waals surface area contributed by atoms with Gasteiger partial charge in [0.25, 0.3) is 0 Å². The second-order valence-corrected chi connectivity index (χ2v) is 0. The largest absolute Gasteiger partial charge is 0 e. The van der Waals surface area contributed by atoms with Crippen LogP contribution in [-0.2, 0) is 73.5 Å². The molecule has 0 spiro atoms. The van der Waals surface area contributed by atoms with E-state index in [-0.39, 0.29) is 55.9 Å². The van der Waals surface area contributed by atoms with E-state index in [1.165, 1.54) is 26.1 Å². The molecule has 5 heteroatoms. The molecule has 0 saturated carbocycles. The first-order chi connectivity index (χ1) is 1.00. The van der Waals surface area contributed by atoms with Gasteiger partial charge in [0, 0.05) is 55.9 Å². The second-order valence-electron chi connectivity index (χ2n) is 0. The van der Waals surface area contributed by atoms with Gasteiger partial charge in [-0.15, -0.1) is 0 Å². The van der Waals surface area contributed by atoms with E-state index in [9.17, 15) is 0 Å². The zero-order valence-corrected chi connectivity index (χ0v) is 11.4. The predicted molar refractivity (Wildman–Crippen MR) is 9.94 cm³/mol. The molecule has 0 heterocycles. The van der Waals surface area contributed by atoms with Gasteiger partial charge in [-0.1, -0.05) is 0 Å². The van der Waals surface area contributed by atoms with Crippen molar-refractivity contribution in [3.8, 4) is 0 Å². The van der Waals surface area contributed by atoms with Gasteiger partial charge in [0.1, 0.15) is 0 Å². The molecule has 0 aliphatic rings. The SMILES string of the molecule is [Cu].[Fe].[SiH3][Zn].[Ti]. The van der Waals surface area contributed by atoms with Crippen molar-refractivity contribution >= 4 is 8.47 Å². The first kappa shape index (κ1) is 25.6. The Bertz CT molecular complexity index is 11.6. The molecule has 0 amide bonds. The molecule has 0 saturated heterocycles. The first-order valence-corrected chi connectivity index (χ1v) is 11.0. The van der Waals surface area contributed by atoms with E-state index in [1.807, 2.05) is 0 Å². The Labute approximate surface area is 80.9 Å². The first-order valence-electron chi connectivity index (χ1n) is 0.707. The Hall–Kier alpha value is 2.59. The van der Waals surface area contributed by atoms with Crippen LogP contribution in [0.3, 0.4) is 0 Å². The molecule has 5 heavy (non-hydrogen) atoms. The Morgan fingerprint density at radius 2 is 1.20 bits per heavy atom. The zero-order valence-electron chi connectivity index (χ0n) is 2.86. The van der Waals surface area contributed by atoms with Gasteiger partial charge in [0.2, 0.25) is 0 Å². The van der Waals surface area contributed by atoms with E-state index in [4.69, 9.17) is 0 Å². The minimum Gasteiger partial charge on any atom is 0 e. The molecule has 0 aromatic rings. The van der Waals surface area contributed by atoms with E-state index >= 15 is 0 Å². The van der Waals surface area contributed by atoms with Crippen molar-refractivity contribution in [1.29, 1.82) is 0 Å². The molecule has 0 aromatic heterocycles. The molecule has 0 N–H and O–H groups in total. The third-order valence-corrected chi connectivity index (χ3v) is 0. The van der Waals surface area contributed by atoms with E-state index in [1.54, 1.807) is 0 Å². The quantitative estimate of drug-likeness (QED) is 0.482. The fraction of sp³-hybridized carbons (Fsp3) is 0. The van der Waals surface area contributed by atoms with Crippen LogP contribution in [0.1, 0.15) is 0 Å². The van der Waals surface area contributed by atoms with Crippen LogP contribution in [0.15, 0.2) is 0 Å². The van der Waals surface area contributed by atoms with Gasteiger partial charge in [-0.3, -0.25) is 0 Å². The number of hydrogen-bond donors (Lipinski definition) is 0. The Kier molecular flexibility index (Phi) is 157. The molecular formula is H3CuFeSiTiZn. The summed E-state index contributed by atoms with van der Waals surface area (Å²) in [6.45, 7) is 0. The molecule has 0 fully saturated rings. The maximum absolute atomic E-state index is 1.51. The van der Waals surface area contributed by atoms with Gasteiger partial charge in [0.05, 0.1) is 0 Å². The van der Waals surface area contributed by atoms with Gasteiger partial charge in [-0.2, -0.15) is 0 Å². The minimum absolute atomic E-state index is 0. The molecule has 0 unspecified atom stereocenters. The van der Waals surface area contributed by atoms with E-state index in [0.717, 1.165) is 0 Å². The molecule has 0 aliphatic carbocycles. The van der Waals surface area contributed by atoms with Gasteiger partial charge >= 0.3 is 26.1 Å². The van der Waals surface area contributed by atoms with Gasteiger partial charge in [0.15, 0.2) is 0 Å². The number of rotatable bonds is 0. The van der Waals surface area contributed by atoms with Crippen LogP contribution in [0.4, 0.5) is 0 Å². The monoisotopic (exact) mass is 262 g/mol. The van der Waals surface area contributed by atoms with Crippen molar-refractivity contribution in [3.63, 3.8) is 0 Å². The number of hydrogen-bond acceptors (Lipinski definition) is 0. The van der Waals surface area contributed by atoms with Crippen molar-refractivity contribution in [2.75, 3.05) is 0 Å². The zero-order chi connectivity index (χ0) is 2.00. The molecule has 0 bridgehead atoms. The van der Waals surface area contributed by atoms with Crippen LogP contribution in [0.5, 0.6) is 0 Å². The summed E-state index contributed by atoms with van der Waals surface area (Å²) in [5, 5.41) is 0. The minimum atomic E-state index is 0. The topological polar surface area (TPSA) is 0 Å². The summed E-state index contributed by atoms with van der Waals surface area (Å²) in [5.41, 5.74) is 0. The summed E-state index contributed by atoms with van der Waals surface area (Å²) in [6, 6.07) is 0. The van der Waals surface area contributed by atoms with Crippen LogP contribution < -0.4 is 0 Å². The summed E-state index contributed by atoms with van der Waals surface area (Å²) >= 11 is 1.51. The molecule has 32 valence electrons. The van der Waals surface area contributed by atoms with Gasteiger partial charge in [-0.05, 0) is 0 Å².